The summed E-state index contributed by atoms with van der Waals surface area (Å²) in [5.74, 6) is 1.44. The monoisotopic (exact) mass is 281 g/mol. The summed E-state index contributed by atoms with van der Waals surface area (Å²) in [5.41, 5.74) is 9.71. The van der Waals surface area contributed by atoms with Crippen LogP contribution in [0.15, 0.2) is 41.3 Å². The Bertz CT molecular complexity index is 749. The number of benzene rings is 1. The number of imidazole rings is 1. The lowest BCUT2D eigenvalue weighted by Gasteiger charge is -2.27. The fraction of sp³-hybridized carbons (Fsp3) is 0.267. The normalized spacial score (nSPS) is 18.0. The van der Waals surface area contributed by atoms with Gasteiger partial charge in [-0.05, 0) is 17.5 Å². The lowest BCUT2D eigenvalue weighted by Crippen LogP contribution is -2.19. The minimum absolute atomic E-state index is 0.234. The number of fused-ring (bicyclic) bond motifs is 1. The molecular weight excluding hydrogens is 266 g/mol. The second-order valence-electron chi connectivity index (χ2n) is 5.33. The van der Waals surface area contributed by atoms with Crippen LogP contribution in [-0.4, -0.2) is 20.1 Å². The predicted molar refractivity (Wildman–Crippen MR) is 75.5 cm³/mol. The standard InChI is InChI=1S/C15H15N5O/c16-13(6-10-7-17-8-18-10)15-19-14(20-21-15)12-5-9-3-1-2-4-11(9)12/h1-4,7-8,12-13H,5-6,16H2,(H,17,18)/t12?,13-/m0/s1. The van der Waals surface area contributed by atoms with Gasteiger partial charge in [-0.15, -0.1) is 0 Å². The minimum atomic E-state index is -0.318. The molecule has 21 heavy (non-hydrogen) atoms. The number of hydrogen-bond acceptors (Lipinski definition) is 5. The van der Waals surface area contributed by atoms with Gasteiger partial charge in [-0.1, -0.05) is 29.4 Å². The van der Waals surface area contributed by atoms with Crippen LogP contribution in [0.3, 0.4) is 0 Å². The Morgan fingerprint density at radius 1 is 1.38 bits per heavy atom. The molecule has 2 aromatic heterocycles. The first-order valence-corrected chi connectivity index (χ1v) is 6.95. The maximum absolute atomic E-state index is 6.11. The predicted octanol–water partition coefficient (Wildman–Crippen LogP) is 1.72. The van der Waals surface area contributed by atoms with Gasteiger partial charge in [-0.3, -0.25) is 0 Å². The molecule has 0 amide bonds. The number of aromatic amines is 1. The van der Waals surface area contributed by atoms with E-state index in [1.165, 1.54) is 11.1 Å². The van der Waals surface area contributed by atoms with Crippen LogP contribution in [0.5, 0.6) is 0 Å². The van der Waals surface area contributed by atoms with Crippen LogP contribution in [0.1, 0.15) is 40.5 Å². The van der Waals surface area contributed by atoms with Gasteiger partial charge in [0.1, 0.15) is 0 Å². The van der Waals surface area contributed by atoms with E-state index in [1.807, 2.05) is 6.07 Å². The largest absolute Gasteiger partial charge is 0.348 e. The van der Waals surface area contributed by atoms with Crippen LogP contribution in [-0.2, 0) is 12.8 Å². The van der Waals surface area contributed by atoms with Crippen molar-refractivity contribution < 1.29 is 4.52 Å². The van der Waals surface area contributed by atoms with Crippen LogP contribution < -0.4 is 5.73 Å². The third kappa shape index (κ3) is 2.13. The molecule has 106 valence electrons. The molecule has 0 radical (unpaired) electrons. The number of aromatic nitrogens is 4. The Morgan fingerprint density at radius 3 is 3.10 bits per heavy atom. The van der Waals surface area contributed by atoms with Crippen molar-refractivity contribution >= 4 is 0 Å². The Balaban J connectivity index is 1.52. The van der Waals surface area contributed by atoms with Gasteiger partial charge < -0.3 is 15.2 Å². The van der Waals surface area contributed by atoms with Crippen molar-refractivity contribution in [2.45, 2.75) is 24.8 Å². The number of H-pyrrole nitrogens is 1. The molecule has 2 atom stereocenters. The summed E-state index contributed by atoms with van der Waals surface area (Å²) >= 11 is 0. The summed E-state index contributed by atoms with van der Waals surface area (Å²) < 4.78 is 5.33. The number of rotatable bonds is 4. The third-order valence-electron chi connectivity index (χ3n) is 3.94. The van der Waals surface area contributed by atoms with E-state index in [0.717, 1.165) is 17.9 Å². The zero-order valence-corrected chi connectivity index (χ0v) is 11.4. The zero-order chi connectivity index (χ0) is 14.2. The summed E-state index contributed by atoms with van der Waals surface area (Å²) in [5, 5.41) is 4.10. The van der Waals surface area contributed by atoms with E-state index < -0.39 is 0 Å². The van der Waals surface area contributed by atoms with Crippen molar-refractivity contribution in [1.29, 1.82) is 0 Å². The van der Waals surface area contributed by atoms with E-state index in [2.05, 4.69) is 38.3 Å². The molecule has 1 aliphatic carbocycles. The molecule has 2 heterocycles. The molecule has 3 aromatic rings. The van der Waals surface area contributed by atoms with Crippen LogP contribution in [0.25, 0.3) is 0 Å². The highest BCUT2D eigenvalue weighted by atomic mass is 16.5. The lowest BCUT2D eigenvalue weighted by atomic mass is 9.77. The van der Waals surface area contributed by atoms with Crippen molar-refractivity contribution in [2.24, 2.45) is 5.73 Å². The number of nitrogens with zero attached hydrogens (tertiary/aromatic N) is 3. The van der Waals surface area contributed by atoms with Gasteiger partial charge in [0.15, 0.2) is 5.82 Å². The smallest absolute Gasteiger partial charge is 0.243 e. The highest BCUT2D eigenvalue weighted by Gasteiger charge is 2.31. The fourth-order valence-corrected chi connectivity index (χ4v) is 2.75. The molecule has 0 fully saturated rings. The van der Waals surface area contributed by atoms with E-state index in [4.69, 9.17) is 10.3 Å². The second kappa shape index (κ2) is 4.82. The molecule has 0 saturated heterocycles. The Kier molecular flexibility index (Phi) is 2.82. The SMILES string of the molecule is N[C@@H](Cc1cnc[nH]1)c1nc(C2Cc3ccccc32)no1. The van der Waals surface area contributed by atoms with Gasteiger partial charge in [-0.2, -0.15) is 4.98 Å². The van der Waals surface area contributed by atoms with E-state index in [0.29, 0.717) is 12.3 Å². The first-order chi connectivity index (χ1) is 10.3. The molecule has 1 unspecified atom stereocenters. The number of nitrogens with one attached hydrogen (secondary N) is 1. The van der Waals surface area contributed by atoms with E-state index in [-0.39, 0.29) is 12.0 Å². The van der Waals surface area contributed by atoms with Crippen LogP contribution in [0.2, 0.25) is 0 Å². The molecule has 0 spiro atoms. The van der Waals surface area contributed by atoms with Crippen molar-refractivity contribution in [3.8, 4) is 0 Å². The van der Waals surface area contributed by atoms with Crippen LogP contribution >= 0.6 is 0 Å². The third-order valence-corrected chi connectivity index (χ3v) is 3.94. The van der Waals surface area contributed by atoms with Gasteiger partial charge in [0.2, 0.25) is 5.89 Å². The van der Waals surface area contributed by atoms with Crippen molar-refractivity contribution in [3.05, 3.63) is 65.3 Å². The van der Waals surface area contributed by atoms with Crippen LogP contribution in [0.4, 0.5) is 0 Å². The molecule has 0 saturated carbocycles. The maximum Gasteiger partial charge on any atom is 0.243 e. The molecule has 3 N–H and O–H groups in total. The highest BCUT2D eigenvalue weighted by molar-refractivity contribution is 5.43. The highest BCUT2D eigenvalue weighted by Crippen LogP contribution is 2.38. The summed E-state index contributed by atoms with van der Waals surface area (Å²) in [6.45, 7) is 0. The molecule has 6 nitrogen and oxygen atoms in total. The summed E-state index contributed by atoms with van der Waals surface area (Å²) in [7, 11) is 0. The van der Waals surface area contributed by atoms with Gasteiger partial charge in [-0.25, -0.2) is 4.98 Å². The van der Waals surface area contributed by atoms with Gasteiger partial charge in [0, 0.05) is 18.3 Å². The summed E-state index contributed by atoms with van der Waals surface area (Å²) in [6.07, 6.45) is 4.94. The molecule has 1 aliphatic rings. The molecule has 0 bridgehead atoms. The molecule has 4 rings (SSSR count). The van der Waals surface area contributed by atoms with Crippen molar-refractivity contribution in [3.63, 3.8) is 0 Å². The molecular formula is C15H15N5O. The Hall–Kier alpha value is -2.47. The quantitative estimate of drug-likeness (QED) is 0.759. The average molecular weight is 281 g/mol. The fourth-order valence-electron chi connectivity index (χ4n) is 2.75. The molecule has 6 heteroatoms. The Labute approximate surface area is 121 Å². The van der Waals surface area contributed by atoms with Crippen LogP contribution in [0, 0.1) is 0 Å². The number of hydrogen-bond donors (Lipinski definition) is 2. The second-order valence-corrected chi connectivity index (χ2v) is 5.33. The first kappa shape index (κ1) is 12.3. The summed E-state index contributed by atoms with van der Waals surface area (Å²) in [4.78, 5) is 11.5. The molecule has 0 aliphatic heterocycles. The van der Waals surface area contributed by atoms with E-state index in [9.17, 15) is 0 Å². The average Bonchev–Trinajstić information content (AvgIpc) is 3.11. The maximum atomic E-state index is 6.11. The first-order valence-electron chi connectivity index (χ1n) is 6.95. The van der Waals surface area contributed by atoms with E-state index >= 15 is 0 Å². The molecule has 1 aromatic carbocycles. The van der Waals surface area contributed by atoms with Crippen molar-refractivity contribution in [2.75, 3.05) is 0 Å². The van der Waals surface area contributed by atoms with Gasteiger partial charge in [0.25, 0.3) is 0 Å². The minimum Gasteiger partial charge on any atom is -0.348 e. The lowest BCUT2D eigenvalue weighted by molar-refractivity contribution is 0.347. The zero-order valence-electron chi connectivity index (χ0n) is 11.4. The van der Waals surface area contributed by atoms with E-state index in [1.54, 1.807) is 12.5 Å². The van der Waals surface area contributed by atoms with Crippen molar-refractivity contribution in [1.82, 2.24) is 20.1 Å². The van der Waals surface area contributed by atoms with Gasteiger partial charge in [0.05, 0.1) is 18.3 Å². The summed E-state index contributed by atoms with van der Waals surface area (Å²) in [6, 6.07) is 8.02. The Morgan fingerprint density at radius 2 is 2.29 bits per heavy atom. The van der Waals surface area contributed by atoms with Gasteiger partial charge >= 0.3 is 0 Å². The topological polar surface area (TPSA) is 93.6 Å². The number of nitrogens with two attached hydrogens (primary N) is 1.